The molecule has 0 aromatic heterocycles. The minimum absolute atomic E-state index is 0.0556. The summed E-state index contributed by atoms with van der Waals surface area (Å²) in [5.74, 6) is 0. The molecule has 2 nitrogen and oxygen atoms in total. The standard InChI is InChI=1S/Bi.In.2O.2H. The van der Waals surface area contributed by atoms with Crippen molar-refractivity contribution in [1.29, 1.82) is 0 Å². The Morgan fingerprint density at radius 2 is 1.25 bits per heavy atom. The van der Waals surface area contributed by atoms with Gasteiger partial charge in [0.2, 0.25) is 0 Å². The summed E-state index contributed by atoms with van der Waals surface area (Å²) in [6.07, 6.45) is 0. The van der Waals surface area contributed by atoms with Gasteiger partial charge >= 0.3 is 54.8 Å². The second-order valence-electron chi connectivity index (χ2n) is 0. The molecule has 0 fully saturated rings. The molecule has 0 unspecified atom stereocenters. The molecule has 0 amide bonds. The van der Waals surface area contributed by atoms with E-state index in [2.05, 4.69) is 0 Å². The van der Waals surface area contributed by atoms with E-state index < -0.39 is 0 Å². The second-order valence-corrected chi connectivity index (χ2v) is 0. The van der Waals surface area contributed by atoms with Gasteiger partial charge in [-0.05, 0) is 0 Å². The summed E-state index contributed by atoms with van der Waals surface area (Å²) in [5, 5.41) is 0. The van der Waals surface area contributed by atoms with Gasteiger partial charge in [0.05, 0.1) is 0 Å². The summed E-state index contributed by atoms with van der Waals surface area (Å²) < 4.78 is 16.8. The van der Waals surface area contributed by atoms with Gasteiger partial charge in [-0.25, -0.2) is 0 Å². The molecule has 0 rings (SSSR count). The van der Waals surface area contributed by atoms with Crippen LogP contribution in [-0.2, 0) is 5.67 Å². The van der Waals surface area contributed by atoms with E-state index in [1.54, 1.807) is 0 Å². The Balaban J connectivity index is 0. The summed E-state index contributed by atoms with van der Waals surface area (Å²) in [6.45, 7) is 0. The Morgan fingerprint density at radius 1 is 1.25 bits per heavy atom. The van der Waals surface area contributed by atoms with Crippen LogP contribution in [0.5, 0.6) is 0 Å². The number of hydrogen-bond acceptors (Lipinski definition) is 2. The van der Waals surface area contributed by atoms with E-state index in [9.17, 15) is 0 Å². The van der Waals surface area contributed by atoms with Crippen molar-refractivity contribution in [1.82, 2.24) is 0 Å². The van der Waals surface area contributed by atoms with E-state index in [-0.39, 0.29) is 49.1 Å². The fourth-order valence-corrected chi connectivity index (χ4v) is 0. The van der Waals surface area contributed by atoms with Gasteiger partial charge in [0.1, 0.15) is 0 Å². The summed E-state index contributed by atoms with van der Waals surface area (Å²) >= 11 is -0.0444. The molecule has 4 heavy (non-hydrogen) atoms. The van der Waals surface area contributed by atoms with Crippen LogP contribution in [0.4, 0.5) is 0 Å². The van der Waals surface area contributed by atoms with Gasteiger partial charge < -0.3 is 0 Å². The Hall–Kier alpha value is 1.35. The Labute approximate surface area is 54.3 Å². The Kier molecular flexibility index (Phi) is 60.3. The van der Waals surface area contributed by atoms with Gasteiger partial charge in [0.15, 0.2) is 0 Å². The third-order valence-electron chi connectivity index (χ3n) is 0. The molecule has 0 aliphatic rings. The average molecular weight is 358 g/mol. The monoisotopic (exact) mass is 358 g/mol. The van der Waals surface area contributed by atoms with Crippen LogP contribution in [0.2, 0.25) is 0 Å². The molecule has 0 aliphatic carbocycles. The molecule has 0 bridgehead atoms. The second kappa shape index (κ2) is 26.7. The number of hydrogen-bond donors (Lipinski definition) is 0. The molecule has 0 aromatic rings. The molecule has 0 saturated carbocycles. The van der Waals surface area contributed by atoms with Crippen molar-refractivity contribution in [2.75, 3.05) is 0 Å². The quantitative estimate of drug-likeness (QED) is 0.493. The maximum absolute atomic E-state index is 8.42. The third kappa shape index (κ3) is 10.1. The van der Waals surface area contributed by atoms with Crippen molar-refractivity contribution in [2.24, 2.45) is 0 Å². The van der Waals surface area contributed by atoms with Gasteiger partial charge in [0.25, 0.3) is 0 Å². The molecule has 0 saturated heterocycles. The van der Waals surface area contributed by atoms with Crippen LogP contribution >= 0.6 is 0 Å². The minimum atomic E-state index is -0.1000. The van der Waals surface area contributed by atoms with Gasteiger partial charge in [0, 0.05) is 0 Å². The van der Waals surface area contributed by atoms with Crippen LogP contribution in [0.3, 0.4) is 0 Å². The molecule has 4 heteroatoms. The van der Waals surface area contributed by atoms with E-state index in [0.717, 1.165) is 0 Å². The van der Waals surface area contributed by atoms with Crippen LogP contribution in [0.25, 0.3) is 0 Å². The molecular formula is H2BiInO2. The van der Waals surface area contributed by atoms with Crippen molar-refractivity contribution in [3.8, 4) is 0 Å². The van der Waals surface area contributed by atoms with E-state index in [0.29, 0.717) is 0 Å². The van der Waals surface area contributed by atoms with E-state index >= 15 is 0 Å². The first-order valence-electron chi connectivity index (χ1n) is 0.493. The van der Waals surface area contributed by atoms with Gasteiger partial charge in [-0.3, -0.25) is 0 Å². The molecule has 0 aromatic carbocycles. The molecule has 22 valence electrons. The SMILES string of the molecule is [O]=[BiH].[O]=[InH]. The van der Waals surface area contributed by atoms with Gasteiger partial charge in [-0.1, -0.05) is 0 Å². The molecular weight excluding hydrogens is 356 g/mol. The Morgan fingerprint density at radius 3 is 1.25 bits per heavy atom. The molecule has 0 N–H and O–H groups in total. The summed E-state index contributed by atoms with van der Waals surface area (Å²) in [5.41, 5.74) is 0. The molecule has 0 radical (unpaired) electrons. The molecule has 0 spiro atoms. The van der Waals surface area contributed by atoms with E-state index in [1.807, 2.05) is 0 Å². The summed E-state index contributed by atoms with van der Waals surface area (Å²) in [6, 6.07) is 0. The average Bonchev–Trinajstić information content (AvgIpc) is 1.50. The van der Waals surface area contributed by atoms with Crippen LogP contribution in [0, 0.1) is 0 Å². The first-order chi connectivity index (χ1) is 2.00. The topological polar surface area (TPSA) is 34.1 Å². The van der Waals surface area contributed by atoms with Crippen molar-refractivity contribution >= 4 is 49.1 Å². The normalized spacial score (nSPS) is 1.75. The summed E-state index contributed by atoms with van der Waals surface area (Å²) in [4.78, 5) is 0. The van der Waals surface area contributed by atoms with Gasteiger partial charge in [-0.15, -0.1) is 0 Å². The van der Waals surface area contributed by atoms with Crippen molar-refractivity contribution in [3.05, 3.63) is 0 Å². The van der Waals surface area contributed by atoms with Crippen molar-refractivity contribution in [3.63, 3.8) is 0 Å². The number of rotatable bonds is 0. The predicted octanol–water partition coefficient (Wildman–Crippen LogP) is -1.53. The molecule has 0 heterocycles. The van der Waals surface area contributed by atoms with E-state index in [4.69, 9.17) is 5.67 Å². The van der Waals surface area contributed by atoms with E-state index in [1.165, 1.54) is 0 Å². The third-order valence-corrected chi connectivity index (χ3v) is 0. The first-order valence-corrected chi connectivity index (χ1v) is 3.73. The fourth-order valence-electron chi connectivity index (χ4n) is 0. The Bertz CT molecular complexity index is 8.00. The van der Waals surface area contributed by atoms with Crippen molar-refractivity contribution < 1.29 is 5.67 Å². The first kappa shape index (κ1) is 9.02. The maximum atomic E-state index is 8.42. The zero-order chi connectivity index (χ0) is 4.00. The van der Waals surface area contributed by atoms with Crippen LogP contribution in [0.15, 0.2) is 0 Å². The van der Waals surface area contributed by atoms with Crippen LogP contribution < -0.4 is 0 Å². The molecule has 0 atom stereocenters. The zero-order valence-corrected chi connectivity index (χ0v) is 9.95. The zero-order valence-electron chi connectivity index (χ0n) is 2.02. The fraction of sp³-hybridized carbons (Fsp3) is 0. The predicted molar refractivity (Wildman–Crippen MR) is 15.7 cm³/mol. The van der Waals surface area contributed by atoms with Crippen LogP contribution in [0.1, 0.15) is 0 Å². The molecule has 0 aliphatic heterocycles. The van der Waals surface area contributed by atoms with Crippen LogP contribution in [-0.4, -0.2) is 49.1 Å². The van der Waals surface area contributed by atoms with Crippen molar-refractivity contribution in [2.45, 2.75) is 0 Å². The van der Waals surface area contributed by atoms with Gasteiger partial charge in [-0.2, -0.15) is 0 Å². The summed E-state index contributed by atoms with van der Waals surface area (Å²) in [7, 11) is 0.